The first-order chi connectivity index (χ1) is 15.5. The van der Waals surface area contributed by atoms with Crippen molar-refractivity contribution in [2.24, 2.45) is 0 Å². The van der Waals surface area contributed by atoms with E-state index in [1.807, 2.05) is 35.2 Å². The van der Waals surface area contributed by atoms with Crippen molar-refractivity contribution >= 4 is 73.5 Å². The fraction of sp³-hybridized carbons (Fsp3) is 0.273. The zero-order valence-corrected chi connectivity index (χ0v) is 20.0. The van der Waals surface area contributed by atoms with Crippen LogP contribution in [0.3, 0.4) is 0 Å². The average molecular weight is 508 g/mol. The third kappa shape index (κ3) is 4.20. The Kier molecular flexibility index (Phi) is 6.03. The van der Waals surface area contributed by atoms with E-state index in [1.165, 1.54) is 11.3 Å². The Morgan fingerprint density at radius 2 is 1.69 bits per heavy atom. The number of hydrogen-bond acceptors (Lipinski definition) is 5. The minimum absolute atomic E-state index is 0.0577. The first kappa shape index (κ1) is 21.6. The fourth-order valence-electron chi connectivity index (χ4n) is 3.76. The summed E-state index contributed by atoms with van der Waals surface area (Å²) in [6.07, 6.45) is 0. The maximum atomic E-state index is 13.1. The summed E-state index contributed by atoms with van der Waals surface area (Å²) in [5, 5.41) is 5.84. The molecule has 3 aromatic rings. The monoisotopic (exact) mass is 507 g/mol. The highest BCUT2D eigenvalue weighted by atomic mass is 35.5. The van der Waals surface area contributed by atoms with Crippen LogP contribution in [0, 0.1) is 0 Å². The molecule has 1 fully saturated rings. The molecule has 1 saturated heterocycles. The third-order valence-corrected chi connectivity index (χ3v) is 7.67. The minimum Gasteiger partial charge on any atom is -0.486 e. The van der Waals surface area contributed by atoms with Gasteiger partial charge in [0.15, 0.2) is 16.6 Å². The van der Waals surface area contributed by atoms with Crippen LogP contribution in [0.1, 0.15) is 9.67 Å². The number of carbonyl (C=O) groups is 1. The average Bonchev–Trinajstić information content (AvgIpc) is 3.14. The standard InChI is InChI=1S/C22H19Cl2N3O3S2/c23-13-1-3-15-18(11-13)32-20(19(15)24)21(28)26-5-7-27(8-6-26)22(31)25-14-2-4-16-17(12-14)30-10-9-29-16/h1-4,11-12H,5-10H2,(H,25,31). The van der Waals surface area contributed by atoms with E-state index < -0.39 is 0 Å². The number of fused-ring (bicyclic) bond motifs is 2. The number of ether oxygens (including phenoxy) is 2. The number of carbonyl (C=O) groups excluding carboxylic acids is 1. The Hall–Kier alpha value is -2.26. The molecular formula is C22H19Cl2N3O3S2. The van der Waals surface area contributed by atoms with Gasteiger partial charge in [0.2, 0.25) is 0 Å². The van der Waals surface area contributed by atoms with Gasteiger partial charge in [-0.3, -0.25) is 4.79 Å². The maximum absolute atomic E-state index is 13.1. The second kappa shape index (κ2) is 8.94. The van der Waals surface area contributed by atoms with Crippen molar-refractivity contribution in [1.82, 2.24) is 9.80 Å². The van der Waals surface area contributed by atoms with Gasteiger partial charge in [-0.1, -0.05) is 29.3 Å². The van der Waals surface area contributed by atoms with Gasteiger partial charge in [0.25, 0.3) is 5.91 Å². The molecular weight excluding hydrogens is 489 g/mol. The smallest absolute Gasteiger partial charge is 0.265 e. The molecule has 5 rings (SSSR count). The molecule has 0 unspecified atom stereocenters. The number of amides is 1. The molecule has 166 valence electrons. The van der Waals surface area contributed by atoms with E-state index in [0.717, 1.165) is 21.5 Å². The maximum Gasteiger partial charge on any atom is 0.265 e. The largest absolute Gasteiger partial charge is 0.486 e. The van der Waals surface area contributed by atoms with Gasteiger partial charge in [0, 0.05) is 53.0 Å². The van der Waals surface area contributed by atoms with Gasteiger partial charge in [-0.25, -0.2) is 0 Å². The summed E-state index contributed by atoms with van der Waals surface area (Å²) < 4.78 is 12.1. The number of rotatable bonds is 2. The molecule has 0 bridgehead atoms. The lowest BCUT2D eigenvalue weighted by atomic mass is 10.2. The second-order valence-corrected chi connectivity index (χ2v) is 9.71. The number of anilines is 1. The van der Waals surface area contributed by atoms with Crippen molar-refractivity contribution in [2.45, 2.75) is 0 Å². The van der Waals surface area contributed by atoms with Crippen molar-refractivity contribution in [3.05, 3.63) is 51.3 Å². The number of benzene rings is 2. The van der Waals surface area contributed by atoms with Gasteiger partial charge >= 0.3 is 0 Å². The highest BCUT2D eigenvalue weighted by Crippen LogP contribution is 2.37. The summed E-state index contributed by atoms with van der Waals surface area (Å²) in [6.45, 7) is 3.49. The van der Waals surface area contributed by atoms with Gasteiger partial charge in [-0.05, 0) is 36.5 Å². The molecule has 10 heteroatoms. The molecule has 1 aromatic heterocycles. The number of piperazine rings is 1. The zero-order valence-electron chi connectivity index (χ0n) is 16.9. The topological polar surface area (TPSA) is 54.0 Å². The molecule has 2 aliphatic heterocycles. The fourth-order valence-corrected chi connectivity index (χ4v) is 5.81. The number of thiocarbonyl (C=S) groups is 1. The van der Waals surface area contributed by atoms with Crippen molar-refractivity contribution in [2.75, 3.05) is 44.7 Å². The highest BCUT2D eigenvalue weighted by Gasteiger charge is 2.27. The van der Waals surface area contributed by atoms with Crippen LogP contribution in [0.5, 0.6) is 11.5 Å². The summed E-state index contributed by atoms with van der Waals surface area (Å²) >= 11 is 19.6. The van der Waals surface area contributed by atoms with Gasteiger partial charge in [0.1, 0.15) is 18.1 Å². The number of hydrogen-bond donors (Lipinski definition) is 1. The summed E-state index contributed by atoms with van der Waals surface area (Å²) in [6, 6.07) is 11.1. The zero-order chi connectivity index (χ0) is 22.2. The second-order valence-electron chi connectivity index (χ2n) is 7.45. The van der Waals surface area contributed by atoms with Crippen LogP contribution in [0.2, 0.25) is 10.0 Å². The van der Waals surface area contributed by atoms with Crippen LogP contribution in [0.4, 0.5) is 5.69 Å². The first-order valence-corrected chi connectivity index (χ1v) is 12.1. The quantitative estimate of drug-likeness (QED) is 0.485. The van der Waals surface area contributed by atoms with E-state index in [1.54, 1.807) is 6.07 Å². The molecule has 1 amide bonds. The molecule has 0 atom stereocenters. The first-order valence-electron chi connectivity index (χ1n) is 10.1. The molecule has 2 aliphatic rings. The lowest BCUT2D eigenvalue weighted by Crippen LogP contribution is -2.51. The molecule has 2 aromatic carbocycles. The Morgan fingerprint density at radius 3 is 2.47 bits per heavy atom. The summed E-state index contributed by atoms with van der Waals surface area (Å²) in [4.78, 5) is 17.5. The van der Waals surface area contributed by atoms with E-state index in [4.69, 9.17) is 44.9 Å². The Bertz CT molecular complexity index is 1210. The highest BCUT2D eigenvalue weighted by molar-refractivity contribution is 7.80. The van der Waals surface area contributed by atoms with Gasteiger partial charge in [-0.15, -0.1) is 11.3 Å². The van der Waals surface area contributed by atoms with Crippen LogP contribution in [0.15, 0.2) is 36.4 Å². The van der Waals surface area contributed by atoms with Crippen LogP contribution in [-0.2, 0) is 0 Å². The molecule has 6 nitrogen and oxygen atoms in total. The number of nitrogens with one attached hydrogen (secondary N) is 1. The van der Waals surface area contributed by atoms with Crippen LogP contribution in [0.25, 0.3) is 10.1 Å². The summed E-state index contributed by atoms with van der Waals surface area (Å²) in [5.74, 6) is 1.39. The van der Waals surface area contributed by atoms with Crippen molar-refractivity contribution in [1.29, 1.82) is 0 Å². The van der Waals surface area contributed by atoms with E-state index in [0.29, 0.717) is 65.2 Å². The van der Waals surface area contributed by atoms with Gasteiger partial charge in [0.05, 0.1) is 5.02 Å². The van der Waals surface area contributed by atoms with Crippen LogP contribution < -0.4 is 14.8 Å². The number of thiophene rings is 1. The molecule has 3 heterocycles. The minimum atomic E-state index is -0.0577. The molecule has 0 spiro atoms. The third-order valence-electron chi connectivity index (χ3n) is 5.43. The van der Waals surface area contributed by atoms with E-state index in [2.05, 4.69) is 10.2 Å². The van der Waals surface area contributed by atoms with E-state index >= 15 is 0 Å². The van der Waals surface area contributed by atoms with Crippen molar-refractivity contribution in [3.63, 3.8) is 0 Å². The predicted octanol–water partition coefficient (Wildman–Crippen LogP) is 5.13. The van der Waals surface area contributed by atoms with Crippen molar-refractivity contribution in [3.8, 4) is 11.5 Å². The molecule has 0 aliphatic carbocycles. The molecule has 1 N–H and O–H groups in total. The van der Waals surface area contributed by atoms with E-state index in [9.17, 15) is 4.79 Å². The summed E-state index contributed by atoms with van der Waals surface area (Å²) in [5.41, 5.74) is 0.841. The van der Waals surface area contributed by atoms with Crippen LogP contribution in [-0.4, -0.2) is 60.2 Å². The van der Waals surface area contributed by atoms with E-state index in [-0.39, 0.29) is 5.91 Å². The molecule has 32 heavy (non-hydrogen) atoms. The lowest BCUT2D eigenvalue weighted by Gasteiger charge is -2.36. The van der Waals surface area contributed by atoms with Gasteiger partial charge in [-0.2, -0.15) is 0 Å². The SMILES string of the molecule is O=C(c1sc2cc(Cl)ccc2c1Cl)N1CCN(C(=S)Nc2ccc3c(c2)OCCO3)CC1. The summed E-state index contributed by atoms with van der Waals surface area (Å²) in [7, 11) is 0. The Labute approximate surface area is 204 Å². The van der Waals surface area contributed by atoms with Crippen molar-refractivity contribution < 1.29 is 14.3 Å². The molecule has 0 saturated carbocycles. The normalized spacial score (nSPS) is 15.7. The van der Waals surface area contributed by atoms with Gasteiger partial charge < -0.3 is 24.6 Å². The number of halogens is 2. The number of nitrogens with zero attached hydrogens (tertiary/aromatic N) is 2. The molecule has 0 radical (unpaired) electrons. The Balaban J connectivity index is 1.22. The Morgan fingerprint density at radius 1 is 0.969 bits per heavy atom. The van der Waals surface area contributed by atoms with Crippen LogP contribution >= 0.6 is 46.8 Å². The predicted molar refractivity (Wildman–Crippen MR) is 133 cm³/mol. The lowest BCUT2D eigenvalue weighted by molar-refractivity contribution is 0.0698.